The van der Waals surface area contributed by atoms with Crippen LogP contribution >= 0.6 is 23.1 Å². The van der Waals surface area contributed by atoms with Crippen LogP contribution in [0, 0.1) is 0 Å². The minimum atomic E-state index is -0.609. The average Bonchev–Trinajstić information content (AvgIpc) is 3.20. The summed E-state index contributed by atoms with van der Waals surface area (Å²) in [6, 6.07) is 13.5. The zero-order valence-electron chi connectivity index (χ0n) is 17.0. The first-order chi connectivity index (χ1) is 15.6. The molecule has 1 amide bonds. The van der Waals surface area contributed by atoms with E-state index in [1.54, 1.807) is 29.2 Å². The minimum absolute atomic E-state index is 0.0448. The smallest absolute Gasteiger partial charge is 0.224 e. The number of carbonyl (C=O) groups excluding carboxylic acids is 1. The number of amides is 1. The van der Waals surface area contributed by atoms with E-state index >= 15 is 0 Å². The number of anilines is 1. The number of ether oxygens (including phenoxy) is 2. The van der Waals surface area contributed by atoms with Crippen molar-refractivity contribution in [1.82, 2.24) is 15.6 Å². The molecule has 2 aliphatic heterocycles. The Labute approximate surface area is 192 Å². The fourth-order valence-electron chi connectivity index (χ4n) is 3.46. The molecule has 32 heavy (non-hydrogen) atoms. The number of thioether (sulfide) groups is 1. The third-order valence-corrected chi connectivity index (χ3v) is 7.23. The summed E-state index contributed by atoms with van der Waals surface area (Å²) in [6.07, 6.45) is -0.235. The summed E-state index contributed by atoms with van der Waals surface area (Å²) in [7, 11) is 0. The van der Waals surface area contributed by atoms with Crippen LogP contribution in [0.1, 0.15) is 6.42 Å². The highest BCUT2D eigenvalue weighted by molar-refractivity contribution is 8.01. The van der Waals surface area contributed by atoms with Gasteiger partial charge in [0.25, 0.3) is 0 Å². The second kappa shape index (κ2) is 9.23. The number of rotatable bonds is 5. The van der Waals surface area contributed by atoms with Gasteiger partial charge in [0.15, 0.2) is 28.1 Å². The molecule has 166 valence electrons. The van der Waals surface area contributed by atoms with Crippen LogP contribution < -0.4 is 31.2 Å². The van der Waals surface area contributed by atoms with Gasteiger partial charge in [0.2, 0.25) is 5.91 Å². The Balaban J connectivity index is 1.19. The molecule has 2 unspecified atom stereocenters. The molecule has 3 aromatic rings. The molecule has 5 rings (SSSR count). The van der Waals surface area contributed by atoms with Crippen molar-refractivity contribution in [3.8, 4) is 11.5 Å². The molecule has 0 bridgehead atoms. The molecule has 1 fully saturated rings. The van der Waals surface area contributed by atoms with Gasteiger partial charge < -0.3 is 25.8 Å². The fourth-order valence-corrected chi connectivity index (χ4v) is 5.59. The number of aromatic nitrogens is 1. The van der Waals surface area contributed by atoms with E-state index in [-0.39, 0.29) is 17.9 Å². The van der Waals surface area contributed by atoms with Crippen molar-refractivity contribution in [3.63, 3.8) is 0 Å². The summed E-state index contributed by atoms with van der Waals surface area (Å²) in [5.74, 6) is 2.17. The average molecular weight is 471 g/mol. The fraction of sp³-hybridized carbons (Fsp3) is 0.286. The van der Waals surface area contributed by atoms with Crippen LogP contribution in [0.5, 0.6) is 11.5 Å². The van der Waals surface area contributed by atoms with Crippen molar-refractivity contribution in [2.75, 3.05) is 24.3 Å². The Morgan fingerprint density at radius 2 is 2.09 bits per heavy atom. The largest absolute Gasteiger partial charge is 0.486 e. The van der Waals surface area contributed by atoms with Crippen molar-refractivity contribution in [2.45, 2.75) is 23.1 Å². The van der Waals surface area contributed by atoms with E-state index in [1.807, 2.05) is 30.3 Å². The lowest BCUT2D eigenvalue weighted by Gasteiger charge is -2.29. The van der Waals surface area contributed by atoms with Crippen molar-refractivity contribution < 1.29 is 14.3 Å². The lowest BCUT2D eigenvalue weighted by molar-refractivity contribution is -0.124. The highest BCUT2D eigenvalue weighted by Gasteiger charge is 2.26. The maximum absolute atomic E-state index is 12.2. The van der Waals surface area contributed by atoms with E-state index in [4.69, 9.17) is 15.2 Å². The third-order valence-electron chi connectivity index (χ3n) is 4.89. The summed E-state index contributed by atoms with van der Waals surface area (Å²) in [5, 5.41) is 9.16. The number of hydrogen-bond donors (Lipinski definition) is 4. The van der Waals surface area contributed by atoms with Crippen molar-refractivity contribution in [1.29, 1.82) is 0 Å². The summed E-state index contributed by atoms with van der Waals surface area (Å²) < 4.78 is 13.3. The molecule has 0 radical (unpaired) electrons. The number of aliphatic imine (C=N–C) groups is 1. The van der Waals surface area contributed by atoms with Gasteiger partial charge in [0, 0.05) is 30.0 Å². The number of para-hydroxylation sites is 1. The normalized spacial score (nSPS) is 20.8. The maximum atomic E-state index is 12.2. The lowest BCUT2D eigenvalue weighted by atomic mass is 10.2. The van der Waals surface area contributed by atoms with Crippen molar-refractivity contribution in [3.05, 3.63) is 42.5 Å². The Morgan fingerprint density at radius 1 is 1.25 bits per heavy atom. The number of guanidine groups is 1. The van der Waals surface area contributed by atoms with Crippen LogP contribution in [0.4, 0.5) is 5.69 Å². The highest BCUT2D eigenvalue weighted by atomic mass is 32.2. The van der Waals surface area contributed by atoms with Crippen LogP contribution in [-0.4, -0.2) is 48.1 Å². The third kappa shape index (κ3) is 4.90. The van der Waals surface area contributed by atoms with Gasteiger partial charge in [-0.3, -0.25) is 10.1 Å². The van der Waals surface area contributed by atoms with Crippen molar-refractivity contribution in [2.24, 2.45) is 10.7 Å². The molecular weight excluding hydrogens is 448 g/mol. The summed E-state index contributed by atoms with van der Waals surface area (Å²) in [4.78, 5) is 21.2. The van der Waals surface area contributed by atoms with E-state index in [0.29, 0.717) is 36.9 Å². The summed E-state index contributed by atoms with van der Waals surface area (Å²) in [5.41, 5.74) is 7.79. The lowest BCUT2D eigenvalue weighted by Crippen LogP contribution is -2.57. The molecule has 3 heterocycles. The molecule has 0 saturated carbocycles. The second-order valence-corrected chi connectivity index (χ2v) is 9.59. The monoisotopic (exact) mass is 470 g/mol. The van der Waals surface area contributed by atoms with Crippen LogP contribution in [0.25, 0.3) is 10.2 Å². The van der Waals surface area contributed by atoms with Crippen LogP contribution in [0.2, 0.25) is 0 Å². The van der Waals surface area contributed by atoms with Gasteiger partial charge in [-0.1, -0.05) is 23.9 Å². The number of nitrogens with zero attached hydrogens (tertiary/aromatic N) is 2. The zero-order chi connectivity index (χ0) is 21.9. The Hall–Kier alpha value is -3.02. The number of carbonyl (C=O) groups is 1. The van der Waals surface area contributed by atoms with Gasteiger partial charge in [-0.25, -0.2) is 9.98 Å². The van der Waals surface area contributed by atoms with Crippen LogP contribution in [0.15, 0.2) is 51.8 Å². The number of nitrogens with two attached hydrogens (primary N) is 1. The molecule has 1 saturated heterocycles. The molecule has 9 nitrogen and oxygen atoms in total. The Morgan fingerprint density at radius 3 is 2.97 bits per heavy atom. The predicted octanol–water partition coefficient (Wildman–Crippen LogP) is 2.35. The van der Waals surface area contributed by atoms with Gasteiger partial charge in [0.05, 0.1) is 10.2 Å². The van der Waals surface area contributed by atoms with E-state index in [1.165, 1.54) is 0 Å². The molecule has 0 spiro atoms. The molecule has 2 aromatic carbocycles. The quantitative estimate of drug-likeness (QED) is 0.255. The van der Waals surface area contributed by atoms with Crippen LogP contribution in [0.3, 0.4) is 0 Å². The van der Waals surface area contributed by atoms with Gasteiger partial charge >= 0.3 is 0 Å². The summed E-state index contributed by atoms with van der Waals surface area (Å²) in [6.45, 7) is 1.04. The number of hydrogen-bond acceptors (Lipinski definition) is 8. The number of nitrogens with one attached hydrogen (secondary N) is 3. The first kappa shape index (κ1) is 20.9. The second-order valence-electron chi connectivity index (χ2n) is 7.29. The standard InChI is InChI=1S/C21H22N6O3S2/c22-19(23-12-5-6-15-16(9-12)30-8-7-29-15)27-20-24-13(10-18(28)26-20)11-31-21-25-14-3-1-2-4-17(14)32-21/h1-6,9,13,20,24H,7-8,10-11H2,(H,26,28)(H3,22,23,27). The van der Waals surface area contributed by atoms with E-state index in [2.05, 4.69) is 32.0 Å². The summed E-state index contributed by atoms with van der Waals surface area (Å²) >= 11 is 3.29. The molecule has 11 heteroatoms. The molecule has 1 aromatic heterocycles. The molecule has 5 N–H and O–H groups in total. The van der Waals surface area contributed by atoms with Gasteiger partial charge in [-0.15, -0.1) is 11.3 Å². The number of benzene rings is 2. The van der Waals surface area contributed by atoms with E-state index < -0.39 is 6.29 Å². The highest BCUT2D eigenvalue weighted by Crippen LogP contribution is 2.32. The molecule has 2 aliphatic rings. The first-order valence-corrected chi connectivity index (χ1v) is 12.0. The van der Waals surface area contributed by atoms with Crippen molar-refractivity contribution >= 4 is 50.9 Å². The first-order valence-electron chi connectivity index (χ1n) is 10.2. The molecule has 2 atom stereocenters. The van der Waals surface area contributed by atoms with Gasteiger partial charge in [-0.05, 0) is 24.3 Å². The van der Waals surface area contributed by atoms with E-state index in [9.17, 15) is 4.79 Å². The number of thiazole rings is 1. The van der Waals surface area contributed by atoms with E-state index in [0.717, 1.165) is 20.2 Å². The Bertz CT molecular complexity index is 1130. The maximum Gasteiger partial charge on any atom is 0.224 e. The SMILES string of the molecule is N/C(=N\C1NC(=O)CC(CSc2nc3ccccc3s2)N1)Nc1ccc2c(c1)OCCO2. The predicted molar refractivity (Wildman–Crippen MR) is 126 cm³/mol. The number of fused-ring (bicyclic) bond motifs is 2. The van der Waals surface area contributed by atoms with Gasteiger partial charge in [-0.2, -0.15) is 0 Å². The Kier molecular flexibility index (Phi) is 6.02. The minimum Gasteiger partial charge on any atom is -0.486 e. The van der Waals surface area contributed by atoms with Crippen LogP contribution in [-0.2, 0) is 4.79 Å². The van der Waals surface area contributed by atoms with Gasteiger partial charge in [0.1, 0.15) is 13.2 Å². The molecular formula is C21H22N6O3S2. The molecule has 0 aliphatic carbocycles. The topological polar surface area (TPSA) is 123 Å². The zero-order valence-corrected chi connectivity index (χ0v) is 18.7.